The van der Waals surface area contributed by atoms with Gasteiger partial charge in [-0.05, 0) is 53.1 Å². The lowest BCUT2D eigenvalue weighted by Crippen LogP contribution is -2.35. The van der Waals surface area contributed by atoms with Crippen molar-refractivity contribution in [3.8, 4) is 16.9 Å². The lowest BCUT2D eigenvalue weighted by atomic mass is 9.87. The van der Waals surface area contributed by atoms with E-state index >= 15 is 0 Å². The van der Waals surface area contributed by atoms with E-state index in [9.17, 15) is 4.79 Å². The number of rotatable bonds is 7. The molecule has 5 rings (SSSR count). The molecule has 7 nitrogen and oxygen atoms in total. The first-order valence-corrected chi connectivity index (χ1v) is 13.9. The van der Waals surface area contributed by atoms with Crippen molar-refractivity contribution >= 4 is 28.2 Å². The number of fused-ring (bicyclic) bond motifs is 1. The number of aromatic nitrogens is 1. The predicted octanol–water partition coefficient (Wildman–Crippen LogP) is 7.07. The van der Waals surface area contributed by atoms with Gasteiger partial charge in [0.2, 0.25) is 0 Å². The van der Waals surface area contributed by atoms with Gasteiger partial charge in [-0.3, -0.25) is 9.88 Å². The molecule has 208 valence electrons. The summed E-state index contributed by atoms with van der Waals surface area (Å²) < 4.78 is 11.3. The molecule has 0 atom stereocenters. The van der Waals surface area contributed by atoms with E-state index in [1.165, 1.54) is 0 Å². The maximum atomic E-state index is 13.1. The Morgan fingerprint density at radius 1 is 0.950 bits per heavy atom. The summed E-state index contributed by atoms with van der Waals surface area (Å²) in [6.45, 7) is 13.2. The number of benzene rings is 3. The van der Waals surface area contributed by atoms with Crippen molar-refractivity contribution < 1.29 is 14.3 Å². The van der Waals surface area contributed by atoms with Crippen molar-refractivity contribution in [1.82, 2.24) is 9.88 Å². The zero-order valence-corrected chi connectivity index (χ0v) is 23.8. The second-order valence-electron chi connectivity index (χ2n) is 11.1. The molecule has 0 unspecified atom stereocenters. The van der Waals surface area contributed by atoms with Gasteiger partial charge in [-0.1, -0.05) is 63.2 Å². The maximum absolute atomic E-state index is 13.1. The lowest BCUT2D eigenvalue weighted by Gasteiger charge is -2.26. The Balaban J connectivity index is 1.35. The van der Waals surface area contributed by atoms with Crippen molar-refractivity contribution in [3.05, 3.63) is 84.2 Å². The number of amides is 2. The van der Waals surface area contributed by atoms with Crippen LogP contribution in [0.3, 0.4) is 0 Å². The van der Waals surface area contributed by atoms with Crippen LogP contribution in [0.5, 0.6) is 5.75 Å². The molecule has 0 saturated carbocycles. The third-order valence-electron chi connectivity index (χ3n) is 7.19. The number of ether oxygens (including phenoxy) is 2. The molecule has 40 heavy (non-hydrogen) atoms. The molecule has 2 N–H and O–H groups in total. The Morgan fingerprint density at radius 3 is 2.38 bits per heavy atom. The van der Waals surface area contributed by atoms with Gasteiger partial charge in [0.1, 0.15) is 5.75 Å². The van der Waals surface area contributed by atoms with Gasteiger partial charge in [-0.25, -0.2) is 4.79 Å². The standard InChI is InChI=1S/C33H38N4O3/c1-5-40-31-20-24(33(2,3)4)11-14-30(31)36-32(38)35-29-15-13-26(27-8-6-7-9-28(27)29)23-10-12-25(34-21-23)22-37-16-18-39-19-17-37/h6-15,20-21H,5,16-19,22H2,1-4H3,(H2,35,36,38). The van der Waals surface area contributed by atoms with Gasteiger partial charge in [0.05, 0.1) is 36.9 Å². The fourth-order valence-corrected chi connectivity index (χ4v) is 4.97. The fraction of sp³-hybridized carbons (Fsp3) is 0.333. The van der Waals surface area contributed by atoms with Crippen LogP contribution in [0.2, 0.25) is 0 Å². The highest BCUT2D eigenvalue weighted by Gasteiger charge is 2.18. The quantitative estimate of drug-likeness (QED) is 0.263. The van der Waals surface area contributed by atoms with Gasteiger partial charge in [-0.15, -0.1) is 0 Å². The van der Waals surface area contributed by atoms with Gasteiger partial charge < -0.3 is 20.1 Å². The normalized spacial score (nSPS) is 14.2. The number of hydrogen-bond donors (Lipinski definition) is 2. The molecule has 1 aliphatic rings. The van der Waals surface area contributed by atoms with E-state index in [0.717, 1.165) is 71.7 Å². The van der Waals surface area contributed by atoms with E-state index in [-0.39, 0.29) is 11.4 Å². The molecule has 1 aromatic heterocycles. The van der Waals surface area contributed by atoms with Gasteiger partial charge in [-0.2, -0.15) is 0 Å². The van der Waals surface area contributed by atoms with E-state index in [0.29, 0.717) is 18.0 Å². The van der Waals surface area contributed by atoms with Gasteiger partial charge in [0, 0.05) is 36.8 Å². The van der Waals surface area contributed by atoms with Crippen LogP contribution in [0.25, 0.3) is 21.9 Å². The maximum Gasteiger partial charge on any atom is 0.323 e. The van der Waals surface area contributed by atoms with Gasteiger partial charge >= 0.3 is 6.03 Å². The summed E-state index contributed by atoms with van der Waals surface area (Å²) in [5.74, 6) is 0.662. The average Bonchev–Trinajstić information content (AvgIpc) is 2.95. The number of morpholine rings is 1. The van der Waals surface area contributed by atoms with E-state index in [2.05, 4.69) is 54.5 Å². The summed E-state index contributed by atoms with van der Waals surface area (Å²) in [5.41, 5.74) is 5.65. The molecule has 0 radical (unpaired) electrons. The molecule has 0 aliphatic carbocycles. The second-order valence-corrected chi connectivity index (χ2v) is 11.1. The van der Waals surface area contributed by atoms with Gasteiger partial charge in [0.25, 0.3) is 0 Å². The van der Waals surface area contributed by atoms with Crippen LogP contribution in [-0.2, 0) is 16.7 Å². The summed E-state index contributed by atoms with van der Waals surface area (Å²) in [6.07, 6.45) is 1.94. The monoisotopic (exact) mass is 538 g/mol. The average molecular weight is 539 g/mol. The molecule has 2 amide bonds. The Morgan fingerprint density at radius 2 is 1.68 bits per heavy atom. The van der Waals surface area contributed by atoms with Crippen LogP contribution in [-0.4, -0.2) is 48.8 Å². The number of carbonyl (C=O) groups excluding carboxylic acids is 1. The van der Waals surface area contributed by atoms with E-state index < -0.39 is 0 Å². The topological polar surface area (TPSA) is 75.7 Å². The minimum atomic E-state index is -0.323. The zero-order valence-electron chi connectivity index (χ0n) is 23.8. The third kappa shape index (κ3) is 6.43. The molecule has 4 aromatic rings. The smallest absolute Gasteiger partial charge is 0.323 e. The third-order valence-corrected chi connectivity index (χ3v) is 7.19. The molecular formula is C33H38N4O3. The number of pyridine rings is 1. The van der Waals surface area contributed by atoms with Crippen LogP contribution in [0.15, 0.2) is 72.9 Å². The van der Waals surface area contributed by atoms with Crippen molar-refractivity contribution in [1.29, 1.82) is 0 Å². The fourth-order valence-electron chi connectivity index (χ4n) is 4.97. The van der Waals surface area contributed by atoms with Crippen LogP contribution in [0, 0.1) is 0 Å². The highest BCUT2D eigenvalue weighted by Crippen LogP contribution is 2.34. The van der Waals surface area contributed by atoms with Crippen LogP contribution in [0.4, 0.5) is 16.2 Å². The molecule has 2 heterocycles. The molecule has 3 aromatic carbocycles. The molecule has 1 fully saturated rings. The molecule has 0 bridgehead atoms. The largest absolute Gasteiger partial charge is 0.492 e. The summed E-state index contributed by atoms with van der Waals surface area (Å²) >= 11 is 0. The first-order chi connectivity index (χ1) is 19.3. The highest BCUT2D eigenvalue weighted by atomic mass is 16.5. The summed E-state index contributed by atoms with van der Waals surface area (Å²) in [7, 11) is 0. The second kappa shape index (κ2) is 12.1. The Hall–Kier alpha value is -3.94. The van der Waals surface area contributed by atoms with Crippen molar-refractivity contribution in [2.45, 2.75) is 39.7 Å². The predicted molar refractivity (Wildman–Crippen MR) is 162 cm³/mol. The number of anilines is 2. The Kier molecular flexibility index (Phi) is 8.33. The summed E-state index contributed by atoms with van der Waals surface area (Å²) in [4.78, 5) is 20.2. The molecule has 7 heteroatoms. The first-order valence-electron chi connectivity index (χ1n) is 13.9. The molecule has 1 aliphatic heterocycles. The molecular weight excluding hydrogens is 500 g/mol. The van der Waals surface area contributed by atoms with Crippen LogP contribution in [0.1, 0.15) is 39.0 Å². The van der Waals surface area contributed by atoms with E-state index in [1.54, 1.807) is 0 Å². The van der Waals surface area contributed by atoms with Crippen LogP contribution >= 0.6 is 0 Å². The molecule has 1 saturated heterocycles. The number of carbonyl (C=O) groups is 1. The van der Waals surface area contributed by atoms with E-state index in [1.807, 2.05) is 61.7 Å². The SMILES string of the molecule is CCOc1cc(C(C)(C)C)ccc1NC(=O)Nc1ccc(-c2ccc(CN3CCOCC3)nc2)c2ccccc12. The van der Waals surface area contributed by atoms with Crippen LogP contribution < -0.4 is 15.4 Å². The minimum absolute atomic E-state index is 0.0219. The van der Waals surface area contributed by atoms with Crippen molar-refractivity contribution in [2.24, 2.45) is 0 Å². The van der Waals surface area contributed by atoms with E-state index in [4.69, 9.17) is 14.5 Å². The lowest BCUT2D eigenvalue weighted by molar-refractivity contribution is 0.0336. The number of urea groups is 1. The molecule has 0 spiro atoms. The number of nitrogens with zero attached hydrogens (tertiary/aromatic N) is 2. The highest BCUT2D eigenvalue weighted by molar-refractivity contribution is 6.10. The van der Waals surface area contributed by atoms with Crippen molar-refractivity contribution in [2.75, 3.05) is 43.5 Å². The van der Waals surface area contributed by atoms with Gasteiger partial charge in [0.15, 0.2) is 0 Å². The summed E-state index contributed by atoms with van der Waals surface area (Å²) in [5, 5.41) is 8.03. The first kappa shape index (κ1) is 27.6. The Bertz CT molecular complexity index is 1470. The van der Waals surface area contributed by atoms with Crippen molar-refractivity contribution in [3.63, 3.8) is 0 Å². The minimum Gasteiger partial charge on any atom is -0.492 e. The summed E-state index contributed by atoms with van der Waals surface area (Å²) in [6, 6.07) is 21.9. The number of hydrogen-bond acceptors (Lipinski definition) is 5. The number of nitrogens with one attached hydrogen (secondary N) is 2. The zero-order chi connectivity index (χ0) is 28.1. The Labute approximate surface area is 236 Å².